The molecule has 3 aromatic rings. The largest absolute Gasteiger partial charge is 0.310 e. The van der Waals surface area contributed by atoms with E-state index in [4.69, 9.17) is 0 Å². The summed E-state index contributed by atoms with van der Waals surface area (Å²) in [4.78, 5) is 13.6. The molecule has 1 aromatic heterocycles. The summed E-state index contributed by atoms with van der Waals surface area (Å²) < 4.78 is 1.84. The minimum Gasteiger partial charge on any atom is -0.310 e. The van der Waals surface area contributed by atoms with E-state index < -0.39 is 0 Å². The Balaban J connectivity index is 1.68. The summed E-state index contributed by atoms with van der Waals surface area (Å²) in [6, 6.07) is 22.0. The average molecular weight is 351 g/mol. The van der Waals surface area contributed by atoms with E-state index in [1.807, 2.05) is 73.1 Å². The second-order valence-corrected chi connectivity index (χ2v) is 7.29. The van der Waals surface area contributed by atoms with Crippen molar-refractivity contribution in [3.8, 4) is 0 Å². The van der Waals surface area contributed by atoms with Crippen LogP contribution in [-0.2, 0) is 11.3 Å². The first-order chi connectivity index (χ1) is 12.1. The third-order valence-electron chi connectivity index (χ3n) is 3.75. The van der Waals surface area contributed by atoms with Gasteiger partial charge in [0.05, 0.1) is 17.5 Å². The van der Waals surface area contributed by atoms with Crippen molar-refractivity contribution in [2.75, 3.05) is 5.32 Å². The highest BCUT2D eigenvalue weighted by Crippen LogP contribution is 2.24. The molecule has 0 spiro atoms. The summed E-state index contributed by atoms with van der Waals surface area (Å²) in [5.74, 6) is 0.704. The molecule has 1 atom stereocenters. The monoisotopic (exact) mass is 351 g/mol. The maximum absolute atomic E-state index is 12.6. The van der Waals surface area contributed by atoms with E-state index in [1.54, 1.807) is 11.8 Å². The molecule has 5 heteroatoms. The van der Waals surface area contributed by atoms with Gasteiger partial charge in [-0.2, -0.15) is 5.10 Å². The first-order valence-electron chi connectivity index (χ1n) is 8.23. The van der Waals surface area contributed by atoms with Crippen LogP contribution in [0.2, 0.25) is 0 Å². The number of benzene rings is 2. The maximum Gasteiger partial charge on any atom is 0.238 e. The van der Waals surface area contributed by atoms with E-state index in [9.17, 15) is 4.79 Å². The second-order valence-electron chi connectivity index (χ2n) is 5.88. The van der Waals surface area contributed by atoms with Crippen LogP contribution in [0.25, 0.3) is 0 Å². The molecule has 2 aromatic carbocycles. The molecule has 1 heterocycles. The van der Waals surface area contributed by atoms with Crippen molar-refractivity contribution < 1.29 is 4.79 Å². The number of aromatic nitrogens is 2. The Morgan fingerprint density at radius 3 is 2.44 bits per heavy atom. The number of thioether (sulfide) groups is 1. The molecule has 0 saturated carbocycles. The number of nitrogens with one attached hydrogen (secondary N) is 1. The Kier molecular flexibility index (Phi) is 5.56. The standard InChI is InChI=1S/C20H21N3OS/c1-15-13-19(23(22-15)14-17-9-5-3-6-10-17)21-20(24)16(2)25-18-11-7-4-8-12-18/h3-13,16H,14H2,1-2H3,(H,21,24)/t16-/m1/s1. The molecule has 0 bridgehead atoms. The first kappa shape index (κ1) is 17.3. The Morgan fingerprint density at radius 1 is 1.12 bits per heavy atom. The number of carbonyl (C=O) groups excluding carboxylic acids is 1. The van der Waals surface area contributed by atoms with Crippen molar-refractivity contribution in [3.05, 3.63) is 78.0 Å². The maximum atomic E-state index is 12.6. The summed E-state index contributed by atoms with van der Waals surface area (Å²) in [7, 11) is 0. The van der Waals surface area contributed by atoms with Gasteiger partial charge in [0.15, 0.2) is 0 Å². The fourth-order valence-electron chi connectivity index (χ4n) is 2.51. The van der Waals surface area contributed by atoms with Crippen LogP contribution in [0, 0.1) is 6.92 Å². The van der Waals surface area contributed by atoms with Crippen LogP contribution in [0.3, 0.4) is 0 Å². The van der Waals surface area contributed by atoms with Crippen molar-refractivity contribution in [1.29, 1.82) is 0 Å². The van der Waals surface area contributed by atoms with Gasteiger partial charge in [0.25, 0.3) is 0 Å². The van der Waals surface area contributed by atoms with Crippen LogP contribution in [0.15, 0.2) is 71.6 Å². The van der Waals surface area contributed by atoms with E-state index >= 15 is 0 Å². The molecular weight excluding hydrogens is 330 g/mol. The zero-order valence-corrected chi connectivity index (χ0v) is 15.2. The van der Waals surface area contributed by atoms with Gasteiger partial charge in [-0.15, -0.1) is 11.8 Å². The van der Waals surface area contributed by atoms with Gasteiger partial charge < -0.3 is 5.32 Å². The topological polar surface area (TPSA) is 46.9 Å². The molecule has 0 aliphatic carbocycles. The summed E-state index contributed by atoms with van der Waals surface area (Å²) >= 11 is 1.55. The summed E-state index contributed by atoms with van der Waals surface area (Å²) in [6.45, 7) is 4.47. The van der Waals surface area contributed by atoms with Gasteiger partial charge in [-0.05, 0) is 31.5 Å². The molecule has 0 aliphatic rings. The van der Waals surface area contributed by atoms with E-state index in [1.165, 1.54) is 0 Å². The molecule has 4 nitrogen and oxygen atoms in total. The van der Waals surface area contributed by atoms with Crippen molar-refractivity contribution in [2.24, 2.45) is 0 Å². The van der Waals surface area contributed by atoms with Gasteiger partial charge in [-0.3, -0.25) is 4.79 Å². The predicted molar refractivity (Wildman–Crippen MR) is 103 cm³/mol. The number of rotatable bonds is 6. The molecular formula is C20H21N3OS. The molecule has 1 amide bonds. The van der Waals surface area contributed by atoms with Crippen LogP contribution < -0.4 is 5.32 Å². The number of carbonyl (C=O) groups is 1. The molecule has 0 radical (unpaired) electrons. The normalized spacial score (nSPS) is 11.9. The van der Waals surface area contributed by atoms with Crippen molar-refractivity contribution >= 4 is 23.5 Å². The van der Waals surface area contributed by atoms with Gasteiger partial charge in [-0.1, -0.05) is 48.5 Å². The van der Waals surface area contributed by atoms with Crippen LogP contribution in [-0.4, -0.2) is 20.9 Å². The van der Waals surface area contributed by atoms with Crippen LogP contribution >= 0.6 is 11.8 Å². The zero-order chi connectivity index (χ0) is 17.6. The molecule has 128 valence electrons. The quantitative estimate of drug-likeness (QED) is 0.671. The van der Waals surface area contributed by atoms with Gasteiger partial charge in [-0.25, -0.2) is 4.68 Å². The Bertz CT molecular complexity index is 831. The highest BCUT2D eigenvalue weighted by Gasteiger charge is 2.17. The van der Waals surface area contributed by atoms with Gasteiger partial charge in [0.1, 0.15) is 5.82 Å². The third kappa shape index (κ3) is 4.73. The Morgan fingerprint density at radius 2 is 1.76 bits per heavy atom. The van der Waals surface area contributed by atoms with Crippen molar-refractivity contribution in [3.63, 3.8) is 0 Å². The number of nitrogens with zero attached hydrogens (tertiary/aromatic N) is 2. The van der Waals surface area contributed by atoms with Gasteiger partial charge in [0, 0.05) is 11.0 Å². The van der Waals surface area contributed by atoms with Crippen molar-refractivity contribution in [1.82, 2.24) is 9.78 Å². The fraction of sp³-hybridized carbons (Fsp3) is 0.200. The van der Waals surface area contributed by atoms with E-state index in [-0.39, 0.29) is 11.2 Å². The SMILES string of the molecule is Cc1cc(NC(=O)[C@@H](C)Sc2ccccc2)n(Cc2ccccc2)n1. The van der Waals surface area contributed by atoms with Crippen LogP contribution in [0.4, 0.5) is 5.82 Å². The van der Waals surface area contributed by atoms with E-state index in [2.05, 4.69) is 22.5 Å². The van der Waals surface area contributed by atoms with Crippen LogP contribution in [0.5, 0.6) is 0 Å². The molecule has 0 aliphatic heterocycles. The first-order valence-corrected chi connectivity index (χ1v) is 9.11. The molecule has 0 saturated heterocycles. The number of hydrogen-bond donors (Lipinski definition) is 1. The lowest BCUT2D eigenvalue weighted by Crippen LogP contribution is -2.24. The lowest BCUT2D eigenvalue weighted by atomic mass is 10.2. The second kappa shape index (κ2) is 8.03. The lowest BCUT2D eigenvalue weighted by Gasteiger charge is -2.13. The zero-order valence-electron chi connectivity index (χ0n) is 14.3. The highest BCUT2D eigenvalue weighted by molar-refractivity contribution is 8.00. The molecule has 3 rings (SSSR count). The molecule has 25 heavy (non-hydrogen) atoms. The highest BCUT2D eigenvalue weighted by atomic mass is 32.2. The third-order valence-corrected chi connectivity index (χ3v) is 4.87. The summed E-state index contributed by atoms with van der Waals surface area (Å²) in [5, 5.41) is 7.32. The number of aryl methyl sites for hydroxylation is 1. The fourth-order valence-corrected chi connectivity index (χ4v) is 3.40. The number of anilines is 1. The van der Waals surface area contributed by atoms with Crippen molar-refractivity contribution in [2.45, 2.75) is 30.5 Å². The molecule has 1 N–H and O–H groups in total. The summed E-state index contributed by atoms with van der Waals surface area (Å²) in [5.41, 5.74) is 2.03. The minimum atomic E-state index is -0.192. The molecule has 0 unspecified atom stereocenters. The number of hydrogen-bond acceptors (Lipinski definition) is 3. The molecule has 0 fully saturated rings. The number of amides is 1. The Hall–Kier alpha value is -2.53. The Labute approximate surface area is 152 Å². The van der Waals surface area contributed by atoms with E-state index in [0.29, 0.717) is 6.54 Å². The lowest BCUT2D eigenvalue weighted by molar-refractivity contribution is -0.115. The van der Waals surface area contributed by atoms with E-state index in [0.717, 1.165) is 22.0 Å². The van der Waals surface area contributed by atoms with Crippen LogP contribution in [0.1, 0.15) is 18.2 Å². The predicted octanol–water partition coefficient (Wildman–Crippen LogP) is 4.36. The smallest absolute Gasteiger partial charge is 0.238 e. The van der Waals surface area contributed by atoms with Gasteiger partial charge in [0.2, 0.25) is 5.91 Å². The average Bonchev–Trinajstić information content (AvgIpc) is 2.95. The summed E-state index contributed by atoms with van der Waals surface area (Å²) in [6.07, 6.45) is 0. The minimum absolute atomic E-state index is 0.0249. The van der Waals surface area contributed by atoms with Gasteiger partial charge >= 0.3 is 0 Å².